The lowest BCUT2D eigenvalue weighted by atomic mass is 10.0. The second kappa shape index (κ2) is 9.63. The SMILES string of the molecule is CC(NC(=O)c1ccno1)c1cc(F)c(CN2[C@H](C)CC[C@@H](c3ccccc3)S2(=O)=O)cc1F.[HH]. The molecule has 34 heavy (non-hydrogen) atoms. The summed E-state index contributed by atoms with van der Waals surface area (Å²) in [6, 6.07) is 11.0. The standard InChI is InChI=1S/C24H25F2N3O4S.H2/c1-15-8-9-23(17-6-4-3-5-7-17)34(31,32)29(15)14-18-12-21(26)19(13-20(18)25)16(2)28-24(30)22-10-11-27-33-22;/h3-7,10-13,15-16,23H,8-9,14H2,1-2H3,(H,28,30);1H/t15-,16?,23+;/m1./s1. The van der Waals surface area contributed by atoms with E-state index in [1.807, 2.05) is 6.07 Å². The lowest BCUT2D eigenvalue weighted by molar-refractivity contribution is 0.0902. The predicted molar refractivity (Wildman–Crippen MR) is 123 cm³/mol. The van der Waals surface area contributed by atoms with Crippen LogP contribution in [0.15, 0.2) is 59.3 Å². The van der Waals surface area contributed by atoms with Crippen molar-refractivity contribution < 1.29 is 27.9 Å². The minimum atomic E-state index is -3.79. The van der Waals surface area contributed by atoms with Crippen LogP contribution in [-0.2, 0) is 16.6 Å². The highest BCUT2D eigenvalue weighted by Crippen LogP contribution is 2.38. The van der Waals surface area contributed by atoms with Crippen molar-refractivity contribution in [3.05, 3.63) is 88.8 Å². The number of nitrogens with one attached hydrogen (secondary N) is 1. The number of carbonyl (C=O) groups excluding carboxylic acids is 1. The van der Waals surface area contributed by atoms with Gasteiger partial charge in [0.1, 0.15) is 16.9 Å². The Morgan fingerprint density at radius 2 is 1.94 bits per heavy atom. The normalized spacial score (nSPS) is 21.2. The summed E-state index contributed by atoms with van der Waals surface area (Å²) in [6.45, 7) is 2.99. The van der Waals surface area contributed by atoms with Gasteiger partial charge in [-0.15, -0.1) is 0 Å². The Labute approximate surface area is 198 Å². The third-order valence-electron chi connectivity index (χ3n) is 6.16. The molecule has 0 spiro atoms. The number of amides is 1. The van der Waals surface area contributed by atoms with Crippen molar-refractivity contribution in [2.24, 2.45) is 0 Å². The van der Waals surface area contributed by atoms with E-state index in [4.69, 9.17) is 4.52 Å². The molecule has 1 amide bonds. The van der Waals surface area contributed by atoms with E-state index in [-0.39, 0.29) is 30.9 Å². The smallest absolute Gasteiger partial charge is 0.290 e. The van der Waals surface area contributed by atoms with Crippen molar-refractivity contribution in [1.29, 1.82) is 0 Å². The summed E-state index contributed by atoms with van der Waals surface area (Å²) >= 11 is 0. The first-order chi connectivity index (χ1) is 16.2. The minimum Gasteiger partial charge on any atom is -0.351 e. The molecule has 2 heterocycles. The van der Waals surface area contributed by atoms with Gasteiger partial charge in [0.2, 0.25) is 15.8 Å². The minimum absolute atomic E-state index is 0. The van der Waals surface area contributed by atoms with Crippen LogP contribution in [0.1, 0.15) is 66.7 Å². The van der Waals surface area contributed by atoms with Gasteiger partial charge in [-0.2, -0.15) is 4.31 Å². The van der Waals surface area contributed by atoms with E-state index >= 15 is 4.39 Å². The maximum absolute atomic E-state index is 15.0. The number of carbonyl (C=O) groups is 1. The molecule has 2 aromatic carbocycles. The molecule has 0 aliphatic carbocycles. The molecule has 1 N–H and O–H groups in total. The topological polar surface area (TPSA) is 92.5 Å². The quantitative estimate of drug-likeness (QED) is 0.538. The van der Waals surface area contributed by atoms with Crippen molar-refractivity contribution in [1.82, 2.24) is 14.8 Å². The number of rotatable bonds is 6. The Balaban J connectivity index is 0.00000342. The van der Waals surface area contributed by atoms with E-state index in [2.05, 4.69) is 10.5 Å². The van der Waals surface area contributed by atoms with E-state index in [1.54, 1.807) is 31.2 Å². The van der Waals surface area contributed by atoms with Crippen LogP contribution in [0.5, 0.6) is 0 Å². The summed E-state index contributed by atoms with van der Waals surface area (Å²) < 4.78 is 62.7. The molecule has 1 aliphatic heterocycles. The van der Waals surface area contributed by atoms with Crippen LogP contribution in [-0.4, -0.2) is 29.8 Å². The summed E-state index contributed by atoms with van der Waals surface area (Å²) in [6.07, 6.45) is 2.36. The summed E-state index contributed by atoms with van der Waals surface area (Å²) in [5, 5.41) is 5.23. The lowest BCUT2D eigenvalue weighted by Gasteiger charge is -2.37. The van der Waals surface area contributed by atoms with Crippen molar-refractivity contribution in [3.63, 3.8) is 0 Å². The summed E-state index contributed by atoms with van der Waals surface area (Å²) in [5.74, 6) is -2.17. The zero-order valence-electron chi connectivity index (χ0n) is 18.7. The van der Waals surface area contributed by atoms with Crippen LogP contribution in [0.2, 0.25) is 0 Å². The fourth-order valence-electron chi connectivity index (χ4n) is 4.25. The summed E-state index contributed by atoms with van der Waals surface area (Å²) in [4.78, 5) is 12.1. The van der Waals surface area contributed by atoms with E-state index in [0.717, 1.165) is 12.1 Å². The van der Waals surface area contributed by atoms with Crippen LogP contribution < -0.4 is 5.32 Å². The highest BCUT2D eigenvalue weighted by Gasteiger charge is 2.40. The number of hydrogen-bond donors (Lipinski definition) is 1. The number of aromatic nitrogens is 1. The molecule has 0 radical (unpaired) electrons. The fraction of sp³-hybridized carbons (Fsp3) is 0.333. The van der Waals surface area contributed by atoms with Crippen molar-refractivity contribution in [2.75, 3.05) is 0 Å². The Morgan fingerprint density at radius 3 is 2.62 bits per heavy atom. The molecule has 4 rings (SSSR count). The molecule has 1 unspecified atom stereocenters. The van der Waals surface area contributed by atoms with E-state index in [1.165, 1.54) is 23.5 Å². The number of benzene rings is 2. The van der Waals surface area contributed by atoms with Crippen LogP contribution >= 0.6 is 0 Å². The molecule has 1 aromatic heterocycles. The summed E-state index contributed by atoms with van der Waals surface area (Å²) in [7, 11) is -3.79. The van der Waals surface area contributed by atoms with E-state index in [0.29, 0.717) is 18.4 Å². The van der Waals surface area contributed by atoms with Crippen LogP contribution in [0.3, 0.4) is 0 Å². The molecule has 182 valence electrons. The second-order valence-electron chi connectivity index (χ2n) is 8.45. The van der Waals surface area contributed by atoms with Crippen LogP contribution in [0.4, 0.5) is 8.78 Å². The largest absolute Gasteiger partial charge is 0.351 e. The van der Waals surface area contributed by atoms with Crippen LogP contribution in [0, 0.1) is 11.6 Å². The molecule has 0 saturated carbocycles. The molecule has 10 heteroatoms. The highest BCUT2D eigenvalue weighted by atomic mass is 32.2. The first-order valence-electron chi connectivity index (χ1n) is 10.9. The van der Waals surface area contributed by atoms with Gasteiger partial charge in [0.15, 0.2) is 0 Å². The Kier molecular flexibility index (Phi) is 6.81. The molecular weight excluding hydrogens is 464 g/mol. The Morgan fingerprint density at radius 1 is 1.21 bits per heavy atom. The van der Waals surface area contributed by atoms with Crippen molar-refractivity contribution in [2.45, 2.75) is 50.6 Å². The van der Waals surface area contributed by atoms with Gasteiger partial charge < -0.3 is 9.84 Å². The molecule has 1 aliphatic rings. The molecule has 3 aromatic rings. The molecule has 7 nitrogen and oxygen atoms in total. The summed E-state index contributed by atoms with van der Waals surface area (Å²) in [5.41, 5.74) is 0.544. The number of hydrogen-bond acceptors (Lipinski definition) is 5. The molecule has 0 bridgehead atoms. The average Bonchev–Trinajstić information content (AvgIpc) is 3.34. The second-order valence-corrected chi connectivity index (χ2v) is 10.5. The van der Waals surface area contributed by atoms with Gasteiger partial charge in [0.25, 0.3) is 5.91 Å². The average molecular weight is 492 g/mol. The Bertz CT molecular complexity index is 1270. The monoisotopic (exact) mass is 491 g/mol. The van der Waals surface area contributed by atoms with Gasteiger partial charge in [-0.3, -0.25) is 4.79 Å². The number of nitrogens with zero attached hydrogens (tertiary/aromatic N) is 2. The van der Waals surface area contributed by atoms with Gasteiger partial charge in [-0.1, -0.05) is 35.5 Å². The van der Waals surface area contributed by atoms with Crippen molar-refractivity contribution in [3.8, 4) is 0 Å². The highest BCUT2D eigenvalue weighted by molar-refractivity contribution is 7.89. The van der Waals surface area contributed by atoms with Crippen molar-refractivity contribution >= 4 is 15.9 Å². The number of halogens is 2. The van der Waals surface area contributed by atoms with E-state index < -0.39 is 38.9 Å². The lowest BCUT2D eigenvalue weighted by Crippen LogP contribution is -2.44. The zero-order valence-corrected chi connectivity index (χ0v) is 19.6. The molecule has 1 fully saturated rings. The fourth-order valence-corrected chi connectivity index (χ4v) is 6.44. The first kappa shape index (κ1) is 24.0. The van der Waals surface area contributed by atoms with E-state index in [9.17, 15) is 17.6 Å². The predicted octanol–water partition coefficient (Wildman–Crippen LogP) is 4.75. The molecular formula is C24H27F2N3O4S. The van der Waals surface area contributed by atoms with Gasteiger partial charge in [0, 0.05) is 31.2 Å². The molecule has 3 atom stereocenters. The van der Waals surface area contributed by atoms with Crippen LogP contribution in [0.25, 0.3) is 0 Å². The van der Waals surface area contributed by atoms with Gasteiger partial charge in [0.05, 0.1) is 12.2 Å². The zero-order chi connectivity index (χ0) is 24.5. The maximum atomic E-state index is 15.0. The van der Waals surface area contributed by atoms with Gasteiger partial charge in [-0.05, 0) is 44.4 Å². The maximum Gasteiger partial charge on any atom is 0.290 e. The third kappa shape index (κ3) is 4.74. The number of sulfonamides is 1. The third-order valence-corrected chi connectivity index (χ3v) is 8.53. The van der Waals surface area contributed by atoms with Gasteiger partial charge >= 0.3 is 0 Å². The van der Waals surface area contributed by atoms with Gasteiger partial charge in [-0.25, -0.2) is 17.2 Å². The first-order valence-corrected chi connectivity index (χ1v) is 12.4. The Hall–Kier alpha value is -3.11. The molecule has 1 saturated heterocycles.